The lowest BCUT2D eigenvalue weighted by molar-refractivity contribution is -0.128. The summed E-state index contributed by atoms with van der Waals surface area (Å²) in [5.74, 6) is -0.385. The van der Waals surface area contributed by atoms with Crippen molar-refractivity contribution in [1.29, 1.82) is 0 Å². The second-order valence-corrected chi connectivity index (χ2v) is 7.77. The maximum atomic E-state index is 12.9. The zero-order valence-electron chi connectivity index (χ0n) is 16.8. The maximum Gasteiger partial charge on any atom is 0.229 e. The summed E-state index contributed by atoms with van der Waals surface area (Å²) in [6, 6.07) is 16.0. The molecule has 1 N–H and O–H groups in total. The molecule has 1 unspecified atom stereocenters. The first-order valence-electron chi connectivity index (χ1n) is 10.2. The topological polar surface area (TPSA) is 61.9 Å². The van der Waals surface area contributed by atoms with E-state index in [9.17, 15) is 9.59 Å². The van der Waals surface area contributed by atoms with E-state index in [1.54, 1.807) is 4.90 Å². The molecule has 1 atom stereocenters. The Morgan fingerprint density at radius 1 is 1.14 bits per heavy atom. The Hall–Kier alpha value is -2.86. The number of likely N-dealkylation sites (tertiary alicyclic amines) is 1. The molecule has 2 aromatic rings. The molecule has 6 nitrogen and oxygen atoms in total. The molecule has 0 spiro atoms. The molecule has 29 heavy (non-hydrogen) atoms. The summed E-state index contributed by atoms with van der Waals surface area (Å²) in [5.41, 5.74) is 4.06. The largest absolute Gasteiger partial charge is 0.378 e. The zero-order chi connectivity index (χ0) is 20.2. The van der Waals surface area contributed by atoms with E-state index in [0.717, 1.165) is 30.0 Å². The van der Waals surface area contributed by atoms with Gasteiger partial charge < -0.3 is 19.9 Å². The van der Waals surface area contributed by atoms with Gasteiger partial charge in [0.15, 0.2) is 0 Å². The summed E-state index contributed by atoms with van der Waals surface area (Å²) >= 11 is 0. The Labute approximate surface area is 171 Å². The third-order valence-electron chi connectivity index (χ3n) is 5.55. The molecule has 0 aromatic heterocycles. The van der Waals surface area contributed by atoms with Crippen molar-refractivity contribution in [3.05, 3.63) is 59.7 Å². The minimum atomic E-state index is -0.329. The SMILES string of the molecule is Cc1cccc(CN2CC(C(=O)Nc3ccccc3N3CCOCC3)CC2=O)c1. The van der Waals surface area contributed by atoms with Crippen molar-refractivity contribution in [3.8, 4) is 0 Å². The van der Waals surface area contributed by atoms with Crippen LogP contribution in [0.25, 0.3) is 0 Å². The van der Waals surface area contributed by atoms with Gasteiger partial charge in [-0.1, -0.05) is 42.0 Å². The number of anilines is 2. The van der Waals surface area contributed by atoms with Gasteiger partial charge in [-0.15, -0.1) is 0 Å². The second kappa shape index (κ2) is 8.66. The highest BCUT2D eigenvalue weighted by Gasteiger charge is 2.34. The van der Waals surface area contributed by atoms with Crippen LogP contribution in [0.3, 0.4) is 0 Å². The molecule has 0 saturated carbocycles. The number of amides is 2. The van der Waals surface area contributed by atoms with Gasteiger partial charge in [0.05, 0.1) is 30.5 Å². The number of carbonyl (C=O) groups excluding carboxylic acids is 2. The van der Waals surface area contributed by atoms with Crippen LogP contribution < -0.4 is 10.2 Å². The van der Waals surface area contributed by atoms with Crippen molar-refractivity contribution in [3.63, 3.8) is 0 Å². The van der Waals surface area contributed by atoms with Crippen LogP contribution in [0.4, 0.5) is 11.4 Å². The van der Waals surface area contributed by atoms with Crippen molar-refractivity contribution in [2.45, 2.75) is 19.9 Å². The van der Waals surface area contributed by atoms with Gasteiger partial charge in [0.2, 0.25) is 11.8 Å². The van der Waals surface area contributed by atoms with Crippen molar-refractivity contribution in [2.24, 2.45) is 5.92 Å². The summed E-state index contributed by atoms with van der Waals surface area (Å²) in [5, 5.41) is 3.06. The van der Waals surface area contributed by atoms with Crippen LogP contribution in [0.15, 0.2) is 48.5 Å². The number of para-hydroxylation sites is 2. The van der Waals surface area contributed by atoms with E-state index in [0.29, 0.717) is 26.3 Å². The van der Waals surface area contributed by atoms with Gasteiger partial charge in [-0.05, 0) is 24.6 Å². The monoisotopic (exact) mass is 393 g/mol. The number of morpholine rings is 1. The van der Waals surface area contributed by atoms with Gasteiger partial charge in [-0.2, -0.15) is 0 Å². The molecule has 2 aliphatic heterocycles. The van der Waals surface area contributed by atoms with E-state index in [4.69, 9.17) is 4.74 Å². The van der Waals surface area contributed by atoms with E-state index in [2.05, 4.69) is 16.3 Å². The first-order chi connectivity index (χ1) is 14.1. The van der Waals surface area contributed by atoms with Crippen LogP contribution in [-0.2, 0) is 20.9 Å². The van der Waals surface area contributed by atoms with Crippen LogP contribution >= 0.6 is 0 Å². The van der Waals surface area contributed by atoms with Crippen LogP contribution in [-0.4, -0.2) is 49.6 Å². The molecule has 2 aliphatic rings. The molecular weight excluding hydrogens is 366 g/mol. The quantitative estimate of drug-likeness (QED) is 0.849. The van der Waals surface area contributed by atoms with E-state index >= 15 is 0 Å². The van der Waals surface area contributed by atoms with E-state index in [1.807, 2.05) is 49.4 Å². The van der Waals surface area contributed by atoms with Gasteiger partial charge in [0.25, 0.3) is 0 Å². The number of hydrogen-bond acceptors (Lipinski definition) is 4. The van der Waals surface area contributed by atoms with E-state index < -0.39 is 0 Å². The first-order valence-corrected chi connectivity index (χ1v) is 10.2. The average molecular weight is 393 g/mol. The highest BCUT2D eigenvalue weighted by Crippen LogP contribution is 2.28. The maximum absolute atomic E-state index is 12.9. The first kappa shape index (κ1) is 19.5. The summed E-state index contributed by atoms with van der Waals surface area (Å²) in [6.45, 7) is 6.03. The molecule has 4 rings (SSSR count). The molecule has 0 bridgehead atoms. The fraction of sp³-hybridized carbons (Fsp3) is 0.391. The van der Waals surface area contributed by atoms with E-state index in [-0.39, 0.29) is 24.2 Å². The number of hydrogen-bond donors (Lipinski definition) is 1. The molecule has 2 amide bonds. The fourth-order valence-electron chi connectivity index (χ4n) is 4.03. The number of ether oxygens (including phenoxy) is 1. The number of nitrogens with one attached hydrogen (secondary N) is 1. The molecule has 0 radical (unpaired) electrons. The molecule has 6 heteroatoms. The van der Waals surface area contributed by atoms with Crippen molar-refractivity contribution >= 4 is 23.2 Å². The lowest BCUT2D eigenvalue weighted by Crippen LogP contribution is -2.37. The Morgan fingerprint density at radius 3 is 2.72 bits per heavy atom. The molecule has 152 valence electrons. The molecule has 2 saturated heterocycles. The third kappa shape index (κ3) is 4.59. The Morgan fingerprint density at radius 2 is 1.93 bits per heavy atom. The minimum Gasteiger partial charge on any atom is -0.378 e. The molecule has 2 aromatic carbocycles. The second-order valence-electron chi connectivity index (χ2n) is 7.77. The normalized spacial score (nSPS) is 19.5. The number of aryl methyl sites for hydroxylation is 1. The smallest absolute Gasteiger partial charge is 0.229 e. The Kier molecular flexibility index (Phi) is 5.81. The van der Waals surface area contributed by atoms with Crippen molar-refractivity contribution in [1.82, 2.24) is 4.90 Å². The zero-order valence-corrected chi connectivity index (χ0v) is 16.8. The van der Waals surface area contributed by atoms with Gasteiger partial charge in [-0.25, -0.2) is 0 Å². The van der Waals surface area contributed by atoms with Crippen LogP contribution in [0.5, 0.6) is 0 Å². The summed E-state index contributed by atoms with van der Waals surface area (Å²) in [6.07, 6.45) is 0.261. The van der Waals surface area contributed by atoms with E-state index in [1.165, 1.54) is 5.56 Å². The van der Waals surface area contributed by atoms with Gasteiger partial charge in [-0.3, -0.25) is 9.59 Å². The van der Waals surface area contributed by atoms with Crippen LogP contribution in [0.1, 0.15) is 17.5 Å². The number of carbonyl (C=O) groups is 2. The van der Waals surface area contributed by atoms with Crippen LogP contribution in [0.2, 0.25) is 0 Å². The Balaban J connectivity index is 1.41. The number of rotatable bonds is 5. The van der Waals surface area contributed by atoms with Gasteiger partial charge in [0, 0.05) is 32.6 Å². The predicted octanol–water partition coefficient (Wildman–Crippen LogP) is 2.82. The summed E-state index contributed by atoms with van der Waals surface area (Å²) in [7, 11) is 0. The van der Waals surface area contributed by atoms with Crippen molar-refractivity contribution < 1.29 is 14.3 Å². The third-order valence-corrected chi connectivity index (χ3v) is 5.55. The fourth-order valence-corrected chi connectivity index (χ4v) is 4.03. The van der Waals surface area contributed by atoms with Crippen LogP contribution in [0, 0.1) is 12.8 Å². The molecule has 2 fully saturated rings. The van der Waals surface area contributed by atoms with Crippen molar-refractivity contribution in [2.75, 3.05) is 43.1 Å². The summed E-state index contributed by atoms with van der Waals surface area (Å²) in [4.78, 5) is 29.4. The standard InChI is InChI=1S/C23H27N3O3/c1-17-5-4-6-18(13-17)15-26-16-19(14-22(26)27)23(28)24-20-7-2-3-8-21(20)25-9-11-29-12-10-25/h2-8,13,19H,9-12,14-16H2,1H3,(H,24,28). The van der Waals surface area contributed by atoms with Gasteiger partial charge in [0.1, 0.15) is 0 Å². The Bertz CT molecular complexity index is 892. The molecular formula is C23H27N3O3. The highest BCUT2D eigenvalue weighted by molar-refractivity contribution is 5.99. The number of benzene rings is 2. The van der Waals surface area contributed by atoms with Gasteiger partial charge >= 0.3 is 0 Å². The lowest BCUT2D eigenvalue weighted by atomic mass is 10.1. The average Bonchev–Trinajstić information content (AvgIpc) is 3.09. The summed E-state index contributed by atoms with van der Waals surface area (Å²) < 4.78 is 5.43. The molecule has 0 aliphatic carbocycles. The number of nitrogens with zero attached hydrogens (tertiary/aromatic N) is 2. The lowest BCUT2D eigenvalue weighted by Gasteiger charge is -2.30. The minimum absolute atomic E-state index is 0.0353. The predicted molar refractivity (Wildman–Crippen MR) is 113 cm³/mol. The highest BCUT2D eigenvalue weighted by atomic mass is 16.5. The molecule has 2 heterocycles.